The molecule has 0 heterocycles. The third-order valence-corrected chi connectivity index (χ3v) is 4.57. The quantitative estimate of drug-likeness (QED) is 0.904. The van der Waals surface area contributed by atoms with Crippen LogP contribution in [0, 0.1) is 11.8 Å². The first-order chi connectivity index (χ1) is 9.10. The predicted octanol–water partition coefficient (Wildman–Crippen LogP) is 4.04. The lowest BCUT2D eigenvalue weighted by molar-refractivity contribution is 0.101. The minimum absolute atomic E-state index is 0.309. The Balaban J connectivity index is 1.99. The van der Waals surface area contributed by atoms with Crippen LogP contribution in [0.2, 0.25) is 5.02 Å². The molecule has 0 saturated heterocycles. The Kier molecular flexibility index (Phi) is 5.12. The fraction of sp³-hybridized carbons (Fsp3) is 0.625. The molecule has 1 aliphatic rings. The molecule has 0 spiro atoms. The van der Waals surface area contributed by atoms with E-state index in [0.717, 1.165) is 36.8 Å². The second kappa shape index (κ2) is 6.62. The largest absolute Gasteiger partial charge is 0.489 e. The van der Waals surface area contributed by atoms with Crippen LogP contribution in [0.5, 0.6) is 5.75 Å². The van der Waals surface area contributed by atoms with E-state index in [4.69, 9.17) is 22.1 Å². The lowest BCUT2D eigenvalue weighted by atomic mass is 9.80. The van der Waals surface area contributed by atoms with Crippen molar-refractivity contribution in [1.29, 1.82) is 0 Å². The van der Waals surface area contributed by atoms with Gasteiger partial charge in [-0.2, -0.15) is 0 Å². The standard InChI is InChI=1S/C16H24ClNO/c1-11-3-5-14(9-12(11)2)19-16-6-4-13(7-8-18)10-15(16)17/h4,6,10-12,14H,3,5,7-9,18H2,1-2H3. The molecule has 2 rings (SSSR count). The lowest BCUT2D eigenvalue weighted by Gasteiger charge is -2.32. The molecule has 1 saturated carbocycles. The van der Waals surface area contributed by atoms with Crippen LogP contribution in [-0.4, -0.2) is 12.6 Å². The van der Waals surface area contributed by atoms with Crippen LogP contribution >= 0.6 is 11.6 Å². The zero-order chi connectivity index (χ0) is 13.8. The summed E-state index contributed by atoms with van der Waals surface area (Å²) in [7, 11) is 0. The van der Waals surface area contributed by atoms with Crippen LogP contribution in [-0.2, 0) is 6.42 Å². The van der Waals surface area contributed by atoms with Crippen LogP contribution in [0.25, 0.3) is 0 Å². The number of hydrogen-bond acceptors (Lipinski definition) is 2. The normalized spacial score (nSPS) is 27.3. The van der Waals surface area contributed by atoms with Gasteiger partial charge in [0.05, 0.1) is 11.1 Å². The summed E-state index contributed by atoms with van der Waals surface area (Å²) in [5.41, 5.74) is 6.72. The Hall–Kier alpha value is -0.730. The second-order valence-corrected chi connectivity index (χ2v) is 6.22. The molecule has 1 aromatic rings. The van der Waals surface area contributed by atoms with E-state index in [0.29, 0.717) is 17.7 Å². The Bertz CT molecular complexity index is 421. The first kappa shape index (κ1) is 14.7. The maximum Gasteiger partial charge on any atom is 0.138 e. The number of benzene rings is 1. The van der Waals surface area contributed by atoms with Gasteiger partial charge >= 0.3 is 0 Å². The first-order valence-corrected chi connectivity index (χ1v) is 7.63. The Morgan fingerprint density at radius 1 is 1.26 bits per heavy atom. The fourth-order valence-electron chi connectivity index (χ4n) is 2.75. The SMILES string of the molecule is CC1CCC(Oc2ccc(CCN)cc2Cl)CC1C. The maximum atomic E-state index is 6.28. The van der Waals surface area contributed by atoms with Crippen LogP contribution in [0.3, 0.4) is 0 Å². The molecule has 0 aromatic heterocycles. The lowest BCUT2D eigenvalue weighted by Crippen LogP contribution is -2.28. The van der Waals surface area contributed by atoms with Crippen molar-refractivity contribution in [3.63, 3.8) is 0 Å². The number of rotatable bonds is 4. The maximum absolute atomic E-state index is 6.28. The highest BCUT2D eigenvalue weighted by Crippen LogP contribution is 2.34. The van der Waals surface area contributed by atoms with E-state index < -0.39 is 0 Å². The zero-order valence-corrected chi connectivity index (χ0v) is 12.6. The summed E-state index contributed by atoms with van der Waals surface area (Å²) in [5.74, 6) is 2.35. The van der Waals surface area contributed by atoms with Gasteiger partial charge in [-0.05, 0) is 61.8 Å². The Morgan fingerprint density at radius 3 is 2.68 bits per heavy atom. The van der Waals surface area contributed by atoms with E-state index in [2.05, 4.69) is 19.9 Å². The molecular formula is C16H24ClNO. The van der Waals surface area contributed by atoms with E-state index in [1.807, 2.05) is 12.1 Å². The summed E-state index contributed by atoms with van der Waals surface area (Å²) in [6.07, 6.45) is 4.67. The van der Waals surface area contributed by atoms with Gasteiger partial charge in [0, 0.05) is 0 Å². The van der Waals surface area contributed by atoms with Crippen LogP contribution < -0.4 is 10.5 Å². The molecule has 0 aliphatic heterocycles. The Labute approximate surface area is 121 Å². The molecule has 1 aliphatic carbocycles. The average Bonchev–Trinajstić information content (AvgIpc) is 2.37. The van der Waals surface area contributed by atoms with Crippen LogP contribution in [0.1, 0.15) is 38.7 Å². The van der Waals surface area contributed by atoms with Gasteiger partial charge in [-0.15, -0.1) is 0 Å². The fourth-order valence-corrected chi connectivity index (χ4v) is 2.99. The Morgan fingerprint density at radius 2 is 2.05 bits per heavy atom. The van der Waals surface area contributed by atoms with Crippen molar-refractivity contribution >= 4 is 11.6 Å². The van der Waals surface area contributed by atoms with E-state index in [1.165, 1.54) is 12.0 Å². The number of halogens is 1. The molecule has 106 valence electrons. The van der Waals surface area contributed by atoms with Gasteiger partial charge in [0.2, 0.25) is 0 Å². The van der Waals surface area contributed by atoms with Gasteiger partial charge in [-0.3, -0.25) is 0 Å². The highest BCUT2D eigenvalue weighted by Gasteiger charge is 2.26. The van der Waals surface area contributed by atoms with E-state index in [-0.39, 0.29) is 0 Å². The average molecular weight is 282 g/mol. The van der Waals surface area contributed by atoms with Gasteiger partial charge in [-0.25, -0.2) is 0 Å². The van der Waals surface area contributed by atoms with Gasteiger partial charge in [0.15, 0.2) is 0 Å². The molecule has 0 bridgehead atoms. The van der Waals surface area contributed by atoms with Crippen molar-refractivity contribution in [2.45, 2.75) is 45.6 Å². The minimum Gasteiger partial charge on any atom is -0.489 e. The second-order valence-electron chi connectivity index (χ2n) is 5.81. The van der Waals surface area contributed by atoms with Crippen molar-refractivity contribution in [3.8, 4) is 5.75 Å². The molecule has 2 nitrogen and oxygen atoms in total. The summed E-state index contributed by atoms with van der Waals surface area (Å²) >= 11 is 6.28. The summed E-state index contributed by atoms with van der Waals surface area (Å²) < 4.78 is 6.07. The third-order valence-electron chi connectivity index (χ3n) is 4.27. The van der Waals surface area contributed by atoms with Gasteiger partial charge in [0.25, 0.3) is 0 Å². The summed E-state index contributed by atoms with van der Waals surface area (Å²) in [4.78, 5) is 0. The van der Waals surface area contributed by atoms with Crippen molar-refractivity contribution in [3.05, 3.63) is 28.8 Å². The van der Waals surface area contributed by atoms with Gasteiger partial charge in [0.1, 0.15) is 5.75 Å². The molecule has 19 heavy (non-hydrogen) atoms. The molecule has 2 N–H and O–H groups in total. The third kappa shape index (κ3) is 3.87. The van der Waals surface area contributed by atoms with Crippen molar-refractivity contribution in [1.82, 2.24) is 0 Å². The summed E-state index contributed by atoms with van der Waals surface area (Å²) in [5, 5.41) is 0.706. The van der Waals surface area contributed by atoms with Gasteiger partial charge in [-0.1, -0.05) is 31.5 Å². The van der Waals surface area contributed by atoms with E-state index in [1.54, 1.807) is 0 Å². The number of hydrogen-bond donors (Lipinski definition) is 1. The summed E-state index contributed by atoms with van der Waals surface area (Å²) in [6.45, 7) is 5.29. The molecule has 0 radical (unpaired) electrons. The molecule has 3 unspecified atom stereocenters. The van der Waals surface area contributed by atoms with E-state index >= 15 is 0 Å². The molecule has 1 aromatic carbocycles. The molecule has 0 amide bonds. The molecular weight excluding hydrogens is 258 g/mol. The van der Waals surface area contributed by atoms with Crippen molar-refractivity contribution < 1.29 is 4.74 Å². The molecule has 1 fully saturated rings. The van der Waals surface area contributed by atoms with Crippen molar-refractivity contribution in [2.75, 3.05) is 6.54 Å². The monoisotopic (exact) mass is 281 g/mol. The predicted molar refractivity (Wildman–Crippen MR) is 80.8 cm³/mol. The van der Waals surface area contributed by atoms with Crippen molar-refractivity contribution in [2.24, 2.45) is 17.6 Å². The van der Waals surface area contributed by atoms with E-state index in [9.17, 15) is 0 Å². The number of nitrogens with two attached hydrogens (primary N) is 1. The zero-order valence-electron chi connectivity index (χ0n) is 11.9. The highest BCUT2D eigenvalue weighted by atomic mass is 35.5. The summed E-state index contributed by atoms with van der Waals surface area (Å²) in [6, 6.07) is 6.01. The van der Waals surface area contributed by atoms with Gasteiger partial charge < -0.3 is 10.5 Å². The van der Waals surface area contributed by atoms with Crippen LogP contribution in [0.4, 0.5) is 0 Å². The highest BCUT2D eigenvalue weighted by molar-refractivity contribution is 6.32. The topological polar surface area (TPSA) is 35.2 Å². The molecule has 3 atom stereocenters. The molecule has 3 heteroatoms. The van der Waals surface area contributed by atoms with Crippen LogP contribution in [0.15, 0.2) is 18.2 Å². The number of ether oxygens (including phenoxy) is 1. The smallest absolute Gasteiger partial charge is 0.138 e. The first-order valence-electron chi connectivity index (χ1n) is 7.25. The minimum atomic E-state index is 0.309.